The maximum atomic E-state index is 6.21. The zero-order valence-corrected chi connectivity index (χ0v) is 15.6. The fourth-order valence-electron chi connectivity index (χ4n) is 3.99. The minimum absolute atomic E-state index is 0.0229. The van der Waals surface area contributed by atoms with Crippen molar-refractivity contribution in [1.29, 1.82) is 0 Å². The average molecular weight is 345 g/mol. The summed E-state index contributed by atoms with van der Waals surface area (Å²) in [5, 5.41) is 0.769. The summed E-state index contributed by atoms with van der Waals surface area (Å²) < 4.78 is 0. The first-order valence-corrected chi connectivity index (χ1v) is 9.07. The van der Waals surface area contributed by atoms with E-state index in [0.29, 0.717) is 0 Å². The molecule has 0 radical (unpaired) electrons. The highest BCUT2D eigenvalue weighted by molar-refractivity contribution is 6.30. The molecular formula is C24H21Cl. The van der Waals surface area contributed by atoms with Crippen LogP contribution >= 0.6 is 11.6 Å². The minimum Gasteiger partial charge on any atom is -0.0870 e. The van der Waals surface area contributed by atoms with Crippen LogP contribution in [0, 0.1) is 0 Å². The van der Waals surface area contributed by atoms with Crippen LogP contribution in [0.15, 0.2) is 66.7 Å². The Morgan fingerprint density at radius 1 is 0.800 bits per heavy atom. The van der Waals surface area contributed by atoms with Gasteiger partial charge in [0.1, 0.15) is 0 Å². The Morgan fingerprint density at radius 2 is 1.52 bits per heavy atom. The van der Waals surface area contributed by atoms with Crippen molar-refractivity contribution in [2.24, 2.45) is 0 Å². The molecule has 1 aliphatic carbocycles. The van der Waals surface area contributed by atoms with Gasteiger partial charge in [0.05, 0.1) is 0 Å². The first kappa shape index (κ1) is 16.2. The quantitative estimate of drug-likeness (QED) is 0.456. The summed E-state index contributed by atoms with van der Waals surface area (Å²) in [5.74, 6) is 0. The SMILES string of the molecule is CC=Cc1cc(Cl)ccc1-c1ccc2c(c1)C(C)(C)c1ccccc1-2. The van der Waals surface area contributed by atoms with Crippen LogP contribution in [-0.2, 0) is 5.41 Å². The molecule has 0 aromatic heterocycles. The molecule has 3 aromatic carbocycles. The molecule has 0 heterocycles. The van der Waals surface area contributed by atoms with Crippen LogP contribution < -0.4 is 0 Å². The average Bonchev–Trinajstić information content (AvgIpc) is 2.83. The monoisotopic (exact) mass is 344 g/mol. The highest BCUT2D eigenvalue weighted by Crippen LogP contribution is 2.49. The van der Waals surface area contributed by atoms with Gasteiger partial charge in [-0.15, -0.1) is 0 Å². The summed E-state index contributed by atoms with van der Waals surface area (Å²) in [4.78, 5) is 0. The maximum absolute atomic E-state index is 6.21. The van der Waals surface area contributed by atoms with E-state index in [1.54, 1.807) is 0 Å². The molecule has 0 aliphatic heterocycles. The zero-order valence-electron chi connectivity index (χ0n) is 14.8. The van der Waals surface area contributed by atoms with Crippen LogP contribution in [0.1, 0.15) is 37.5 Å². The molecule has 0 unspecified atom stereocenters. The molecule has 0 atom stereocenters. The number of allylic oxidation sites excluding steroid dienone is 1. The molecule has 124 valence electrons. The molecule has 0 saturated heterocycles. The third kappa shape index (κ3) is 2.53. The first-order chi connectivity index (χ1) is 12.0. The van der Waals surface area contributed by atoms with E-state index >= 15 is 0 Å². The van der Waals surface area contributed by atoms with Gasteiger partial charge in [0.15, 0.2) is 0 Å². The van der Waals surface area contributed by atoms with Gasteiger partial charge in [0.2, 0.25) is 0 Å². The third-order valence-electron chi connectivity index (χ3n) is 5.25. The van der Waals surface area contributed by atoms with E-state index in [-0.39, 0.29) is 5.41 Å². The van der Waals surface area contributed by atoms with Crippen LogP contribution in [0.2, 0.25) is 5.02 Å². The van der Waals surface area contributed by atoms with Gasteiger partial charge in [-0.05, 0) is 64.1 Å². The number of fused-ring (bicyclic) bond motifs is 3. The number of rotatable bonds is 2. The third-order valence-corrected chi connectivity index (χ3v) is 5.49. The van der Waals surface area contributed by atoms with Crippen molar-refractivity contribution in [2.45, 2.75) is 26.2 Å². The van der Waals surface area contributed by atoms with E-state index in [1.807, 2.05) is 19.1 Å². The lowest BCUT2D eigenvalue weighted by Crippen LogP contribution is -2.14. The van der Waals surface area contributed by atoms with Gasteiger partial charge < -0.3 is 0 Å². The fourth-order valence-corrected chi connectivity index (χ4v) is 4.17. The number of hydrogen-bond acceptors (Lipinski definition) is 0. The van der Waals surface area contributed by atoms with E-state index in [4.69, 9.17) is 11.6 Å². The molecule has 25 heavy (non-hydrogen) atoms. The molecular weight excluding hydrogens is 324 g/mol. The predicted molar refractivity (Wildman–Crippen MR) is 109 cm³/mol. The Balaban J connectivity index is 1.92. The topological polar surface area (TPSA) is 0 Å². The summed E-state index contributed by atoms with van der Waals surface area (Å²) in [6, 6.07) is 21.7. The molecule has 0 fully saturated rings. The number of benzene rings is 3. The van der Waals surface area contributed by atoms with Gasteiger partial charge in [-0.25, -0.2) is 0 Å². The molecule has 1 heteroatoms. The zero-order chi connectivity index (χ0) is 17.6. The van der Waals surface area contributed by atoms with Gasteiger partial charge in [-0.2, -0.15) is 0 Å². The summed E-state index contributed by atoms with van der Waals surface area (Å²) in [5.41, 5.74) is 9.16. The van der Waals surface area contributed by atoms with Gasteiger partial charge in [0.25, 0.3) is 0 Å². The second-order valence-electron chi connectivity index (χ2n) is 7.16. The second kappa shape index (κ2) is 5.89. The Kier molecular flexibility index (Phi) is 3.81. The summed E-state index contributed by atoms with van der Waals surface area (Å²) in [6.45, 7) is 6.67. The summed E-state index contributed by atoms with van der Waals surface area (Å²) in [7, 11) is 0. The lowest BCUT2D eigenvalue weighted by molar-refractivity contribution is 0.660. The molecule has 0 spiro atoms. The Hall–Kier alpha value is -2.31. The van der Waals surface area contributed by atoms with Crippen molar-refractivity contribution in [3.63, 3.8) is 0 Å². The highest BCUT2D eigenvalue weighted by atomic mass is 35.5. The molecule has 0 N–H and O–H groups in total. The lowest BCUT2D eigenvalue weighted by Gasteiger charge is -2.22. The van der Waals surface area contributed by atoms with Crippen LogP contribution in [-0.4, -0.2) is 0 Å². The van der Waals surface area contributed by atoms with Crippen molar-refractivity contribution in [3.05, 3.63) is 88.5 Å². The molecule has 0 bridgehead atoms. The van der Waals surface area contributed by atoms with Gasteiger partial charge >= 0.3 is 0 Å². The largest absolute Gasteiger partial charge is 0.0870 e. The molecule has 4 rings (SSSR count). The maximum Gasteiger partial charge on any atom is 0.0412 e. The molecule has 0 amide bonds. The number of hydrogen-bond donors (Lipinski definition) is 0. The summed E-state index contributed by atoms with van der Waals surface area (Å²) in [6.07, 6.45) is 4.18. The highest BCUT2D eigenvalue weighted by Gasteiger charge is 2.35. The van der Waals surface area contributed by atoms with Crippen LogP contribution in [0.4, 0.5) is 0 Å². The van der Waals surface area contributed by atoms with Crippen LogP contribution in [0.3, 0.4) is 0 Å². The summed E-state index contributed by atoms with van der Waals surface area (Å²) >= 11 is 6.21. The first-order valence-electron chi connectivity index (χ1n) is 8.69. The van der Waals surface area contributed by atoms with Crippen LogP contribution in [0.25, 0.3) is 28.3 Å². The smallest absolute Gasteiger partial charge is 0.0412 e. The van der Waals surface area contributed by atoms with Crippen molar-refractivity contribution in [1.82, 2.24) is 0 Å². The standard InChI is InChI=1S/C24H21Cl/c1-4-7-16-14-18(25)11-13-19(16)17-10-12-21-20-8-5-6-9-22(20)24(2,3)23(21)15-17/h4-15H,1-3H3. The van der Waals surface area contributed by atoms with E-state index < -0.39 is 0 Å². The number of halogens is 1. The minimum atomic E-state index is 0.0229. The Morgan fingerprint density at radius 3 is 2.32 bits per heavy atom. The van der Waals surface area contributed by atoms with Gasteiger partial charge in [-0.3, -0.25) is 0 Å². The van der Waals surface area contributed by atoms with Crippen LogP contribution in [0.5, 0.6) is 0 Å². The van der Waals surface area contributed by atoms with E-state index in [1.165, 1.54) is 33.4 Å². The van der Waals surface area contributed by atoms with Crippen molar-refractivity contribution < 1.29 is 0 Å². The van der Waals surface area contributed by atoms with Gasteiger partial charge in [0, 0.05) is 10.4 Å². The Labute approximate surface area is 154 Å². The predicted octanol–water partition coefficient (Wildman–Crippen LogP) is 7.35. The van der Waals surface area contributed by atoms with E-state index in [2.05, 4.69) is 74.5 Å². The second-order valence-corrected chi connectivity index (χ2v) is 7.60. The van der Waals surface area contributed by atoms with Crippen molar-refractivity contribution in [2.75, 3.05) is 0 Å². The lowest BCUT2D eigenvalue weighted by atomic mass is 9.81. The van der Waals surface area contributed by atoms with E-state index in [9.17, 15) is 0 Å². The fraction of sp³-hybridized carbons (Fsp3) is 0.167. The van der Waals surface area contributed by atoms with Gasteiger partial charge in [-0.1, -0.05) is 80.1 Å². The Bertz CT molecular complexity index is 993. The molecule has 0 nitrogen and oxygen atoms in total. The van der Waals surface area contributed by atoms with Crippen molar-refractivity contribution >= 4 is 17.7 Å². The molecule has 3 aromatic rings. The normalized spacial score (nSPS) is 14.6. The molecule has 0 saturated carbocycles. The van der Waals surface area contributed by atoms with Crippen molar-refractivity contribution in [3.8, 4) is 22.3 Å². The van der Waals surface area contributed by atoms with E-state index in [0.717, 1.165) is 10.6 Å². The molecule has 1 aliphatic rings.